The minimum atomic E-state index is -0.0729. The molecule has 2 fully saturated rings. The van der Waals surface area contributed by atoms with E-state index in [9.17, 15) is 0 Å². The molecule has 1 spiro atoms. The van der Waals surface area contributed by atoms with Crippen molar-refractivity contribution in [2.45, 2.75) is 37.4 Å². The number of hydrogen-bond acceptors (Lipinski definition) is 5. The third-order valence-electron chi connectivity index (χ3n) is 4.37. The fourth-order valence-corrected chi connectivity index (χ4v) is 3.28. The second-order valence-corrected chi connectivity index (χ2v) is 5.33. The summed E-state index contributed by atoms with van der Waals surface area (Å²) < 4.78 is 11.8. The van der Waals surface area contributed by atoms with Crippen molar-refractivity contribution in [2.75, 3.05) is 31.7 Å². The summed E-state index contributed by atoms with van der Waals surface area (Å²) in [5, 5.41) is 0. The highest BCUT2D eigenvalue weighted by Crippen LogP contribution is 2.37. The molecular weight excluding hydrogens is 242 g/mol. The van der Waals surface area contributed by atoms with Crippen LogP contribution in [0.4, 0.5) is 5.82 Å². The van der Waals surface area contributed by atoms with Crippen molar-refractivity contribution < 1.29 is 9.47 Å². The van der Waals surface area contributed by atoms with Crippen LogP contribution in [0.5, 0.6) is 0 Å². The molecule has 104 valence electrons. The van der Waals surface area contributed by atoms with Crippen LogP contribution in [-0.2, 0) is 9.47 Å². The summed E-state index contributed by atoms with van der Waals surface area (Å²) in [5.74, 6) is 1.01. The number of methoxy groups -OCH3 is 1. The van der Waals surface area contributed by atoms with Gasteiger partial charge in [-0.2, -0.15) is 0 Å². The van der Waals surface area contributed by atoms with Gasteiger partial charge in [-0.1, -0.05) is 0 Å². The molecule has 0 aliphatic carbocycles. The zero-order chi connectivity index (χ0) is 13.1. The van der Waals surface area contributed by atoms with Crippen molar-refractivity contribution in [2.24, 2.45) is 0 Å². The van der Waals surface area contributed by atoms with E-state index in [-0.39, 0.29) is 11.7 Å². The lowest BCUT2D eigenvalue weighted by Gasteiger charge is -2.48. The zero-order valence-corrected chi connectivity index (χ0v) is 11.4. The van der Waals surface area contributed by atoms with Gasteiger partial charge < -0.3 is 14.4 Å². The molecule has 0 bridgehead atoms. The summed E-state index contributed by atoms with van der Waals surface area (Å²) in [5.41, 5.74) is -0.0729. The largest absolute Gasteiger partial charge is 0.378 e. The maximum atomic E-state index is 6.11. The number of rotatable bonds is 2. The Labute approximate surface area is 113 Å². The lowest BCUT2D eigenvalue weighted by Crippen LogP contribution is -2.56. The molecule has 1 aromatic heterocycles. The maximum Gasteiger partial charge on any atom is 0.131 e. The van der Waals surface area contributed by atoms with Crippen LogP contribution >= 0.6 is 0 Å². The van der Waals surface area contributed by atoms with Crippen LogP contribution in [0, 0.1) is 0 Å². The Morgan fingerprint density at radius 1 is 1.42 bits per heavy atom. The third kappa shape index (κ3) is 2.44. The fraction of sp³-hybridized carbons (Fsp3) is 0.714. The van der Waals surface area contributed by atoms with Crippen LogP contribution in [0.2, 0.25) is 0 Å². The van der Waals surface area contributed by atoms with E-state index in [1.165, 1.54) is 0 Å². The topological polar surface area (TPSA) is 47.5 Å². The highest BCUT2D eigenvalue weighted by atomic mass is 16.5. The molecule has 0 saturated carbocycles. The van der Waals surface area contributed by atoms with Crippen LogP contribution in [0.25, 0.3) is 0 Å². The lowest BCUT2D eigenvalue weighted by atomic mass is 9.82. The SMILES string of the molecule is CO[C@@H]1CCCOC12CCN(c1ccncn1)CC2. The summed E-state index contributed by atoms with van der Waals surface area (Å²) in [6.45, 7) is 2.81. The molecule has 0 aromatic carbocycles. The van der Waals surface area contributed by atoms with E-state index in [2.05, 4.69) is 14.9 Å². The maximum absolute atomic E-state index is 6.11. The number of aromatic nitrogens is 2. The summed E-state index contributed by atoms with van der Waals surface area (Å²) >= 11 is 0. The number of anilines is 1. The van der Waals surface area contributed by atoms with E-state index >= 15 is 0 Å². The first-order valence-corrected chi connectivity index (χ1v) is 7.02. The number of nitrogens with zero attached hydrogens (tertiary/aromatic N) is 3. The molecule has 3 heterocycles. The fourth-order valence-electron chi connectivity index (χ4n) is 3.28. The minimum Gasteiger partial charge on any atom is -0.378 e. The lowest BCUT2D eigenvalue weighted by molar-refractivity contribution is -0.175. The molecule has 3 rings (SSSR count). The molecule has 2 saturated heterocycles. The Kier molecular flexibility index (Phi) is 3.66. The van der Waals surface area contributed by atoms with E-state index < -0.39 is 0 Å². The summed E-state index contributed by atoms with van der Waals surface area (Å²) in [6.07, 6.45) is 7.88. The smallest absolute Gasteiger partial charge is 0.131 e. The van der Waals surface area contributed by atoms with E-state index in [1.54, 1.807) is 19.6 Å². The van der Waals surface area contributed by atoms with Crippen LogP contribution in [0.3, 0.4) is 0 Å². The summed E-state index contributed by atoms with van der Waals surface area (Å²) in [7, 11) is 1.80. The van der Waals surface area contributed by atoms with Crippen molar-refractivity contribution in [1.29, 1.82) is 0 Å². The van der Waals surface area contributed by atoms with Gasteiger partial charge in [0.05, 0.1) is 11.7 Å². The van der Waals surface area contributed by atoms with E-state index in [1.807, 2.05) is 6.07 Å². The van der Waals surface area contributed by atoms with E-state index in [0.717, 1.165) is 51.2 Å². The Balaban J connectivity index is 1.68. The van der Waals surface area contributed by atoms with Gasteiger partial charge in [0, 0.05) is 33.0 Å². The average molecular weight is 263 g/mol. The van der Waals surface area contributed by atoms with Crippen molar-refractivity contribution in [1.82, 2.24) is 9.97 Å². The van der Waals surface area contributed by atoms with Crippen LogP contribution in [0.15, 0.2) is 18.6 Å². The van der Waals surface area contributed by atoms with Gasteiger partial charge in [0.25, 0.3) is 0 Å². The Hall–Kier alpha value is -1.20. The molecule has 0 amide bonds. The number of hydrogen-bond donors (Lipinski definition) is 0. The van der Waals surface area contributed by atoms with Crippen molar-refractivity contribution >= 4 is 5.82 Å². The van der Waals surface area contributed by atoms with Gasteiger partial charge in [-0.05, 0) is 31.7 Å². The molecule has 0 radical (unpaired) electrons. The first-order chi connectivity index (χ1) is 9.34. The zero-order valence-electron chi connectivity index (χ0n) is 11.4. The van der Waals surface area contributed by atoms with E-state index in [0.29, 0.717) is 0 Å². The molecule has 19 heavy (non-hydrogen) atoms. The Bertz CT molecular complexity index is 404. The molecule has 5 nitrogen and oxygen atoms in total. The molecule has 1 aromatic rings. The highest BCUT2D eigenvalue weighted by Gasteiger charge is 2.44. The van der Waals surface area contributed by atoms with Crippen LogP contribution in [0.1, 0.15) is 25.7 Å². The second-order valence-electron chi connectivity index (χ2n) is 5.33. The Morgan fingerprint density at radius 3 is 2.95 bits per heavy atom. The van der Waals surface area contributed by atoms with Gasteiger partial charge in [-0.3, -0.25) is 0 Å². The second kappa shape index (κ2) is 5.43. The van der Waals surface area contributed by atoms with Gasteiger partial charge in [0.1, 0.15) is 12.1 Å². The van der Waals surface area contributed by atoms with Crippen molar-refractivity contribution in [3.05, 3.63) is 18.6 Å². The normalized spacial score (nSPS) is 26.6. The van der Waals surface area contributed by atoms with Crippen molar-refractivity contribution in [3.8, 4) is 0 Å². The van der Waals surface area contributed by atoms with Gasteiger partial charge in [0.15, 0.2) is 0 Å². The third-order valence-corrected chi connectivity index (χ3v) is 4.37. The first-order valence-electron chi connectivity index (χ1n) is 7.02. The minimum absolute atomic E-state index is 0.0729. The summed E-state index contributed by atoms with van der Waals surface area (Å²) in [6, 6.07) is 1.97. The number of ether oxygens (including phenoxy) is 2. The first kappa shape index (κ1) is 12.8. The predicted octanol–water partition coefficient (Wildman–Crippen LogP) is 1.64. The molecule has 5 heteroatoms. The van der Waals surface area contributed by atoms with Gasteiger partial charge in [0.2, 0.25) is 0 Å². The predicted molar refractivity (Wildman–Crippen MR) is 72.2 cm³/mol. The van der Waals surface area contributed by atoms with Gasteiger partial charge >= 0.3 is 0 Å². The van der Waals surface area contributed by atoms with E-state index in [4.69, 9.17) is 9.47 Å². The summed E-state index contributed by atoms with van der Waals surface area (Å²) in [4.78, 5) is 10.6. The Morgan fingerprint density at radius 2 is 2.26 bits per heavy atom. The molecule has 1 atom stereocenters. The van der Waals surface area contributed by atoms with Gasteiger partial charge in [-0.15, -0.1) is 0 Å². The van der Waals surface area contributed by atoms with Gasteiger partial charge in [-0.25, -0.2) is 9.97 Å². The molecule has 0 unspecified atom stereocenters. The number of piperidine rings is 1. The van der Waals surface area contributed by atoms with Crippen LogP contribution < -0.4 is 4.90 Å². The quantitative estimate of drug-likeness (QED) is 0.812. The monoisotopic (exact) mass is 263 g/mol. The molecule has 2 aliphatic rings. The van der Waals surface area contributed by atoms with Crippen LogP contribution in [-0.4, -0.2) is 48.5 Å². The average Bonchev–Trinajstić information content (AvgIpc) is 2.49. The molecule has 0 N–H and O–H groups in total. The highest BCUT2D eigenvalue weighted by molar-refractivity contribution is 5.37. The standard InChI is InChI=1S/C14H21N3O2/c1-18-12-3-2-10-19-14(12)5-8-17(9-6-14)13-4-7-15-11-16-13/h4,7,11-12H,2-3,5-6,8-10H2,1H3/t12-/m1/s1. The molecular formula is C14H21N3O2. The molecule has 2 aliphatic heterocycles. The van der Waals surface area contributed by atoms with Crippen molar-refractivity contribution in [3.63, 3.8) is 0 Å².